The number of sulfone groups is 1. The summed E-state index contributed by atoms with van der Waals surface area (Å²) in [6.07, 6.45) is 0.139. The summed E-state index contributed by atoms with van der Waals surface area (Å²) < 4.78 is 27.7. The number of nitrogens with zero attached hydrogens (tertiary/aromatic N) is 1. The van der Waals surface area contributed by atoms with Gasteiger partial charge in [-0.2, -0.15) is 0 Å². The smallest absolute Gasteiger partial charge is 0.410 e. The Kier molecular flexibility index (Phi) is 3.07. The molecule has 2 atom stereocenters. The lowest BCUT2D eigenvalue weighted by Crippen LogP contribution is -2.46. The van der Waals surface area contributed by atoms with Crippen molar-refractivity contribution in [2.45, 2.75) is 18.5 Å². The number of hydrogen-bond donors (Lipinski definition) is 1. The second-order valence-corrected chi connectivity index (χ2v) is 6.48. The first-order chi connectivity index (χ1) is 7.53. The number of carbonyl (C=O) groups is 1. The van der Waals surface area contributed by atoms with E-state index >= 15 is 0 Å². The van der Waals surface area contributed by atoms with Crippen molar-refractivity contribution in [2.24, 2.45) is 0 Å². The lowest BCUT2D eigenvalue weighted by Gasteiger charge is -2.26. The Labute approximate surface area is 94.9 Å². The second-order valence-electron chi connectivity index (χ2n) is 4.25. The number of ether oxygens (including phenoxy) is 1. The van der Waals surface area contributed by atoms with Crippen LogP contribution in [0.1, 0.15) is 6.42 Å². The minimum Gasteiger partial charge on any atom is -0.447 e. The molecule has 2 rings (SSSR count). The molecule has 2 fully saturated rings. The van der Waals surface area contributed by atoms with E-state index in [1.54, 1.807) is 11.9 Å². The maximum atomic E-state index is 11.5. The van der Waals surface area contributed by atoms with Gasteiger partial charge < -0.3 is 10.1 Å². The van der Waals surface area contributed by atoms with Crippen molar-refractivity contribution in [3.05, 3.63) is 0 Å². The summed E-state index contributed by atoms with van der Waals surface area (Å²) in [5.41, 5.74) is 0. The van der Waals surface area contributed by atoms with Crippen LogP contribution >= 0.6 is 0 Å². The molecule has 0 spiro atoms. The molecular formula is C9H16N2O4S. The molecule has 0 aromatic rings. The number of likely N-dealkylation sites (N-methyl/N-ethyl adjacent to an activating group) is 1. The average Bonchev–Trinajstić information content (AvgIpc) is 2.71. The van der Waals surface area contributed by atoms with E-state index in [2.05, 4.69) is 5.32 Å². The number of amides is 1. The maximum absolute atomic E-state index is 11.5. The molecule has 2 aliphatic heterocycles. The van der Waals surface area contributed by atoms with Crippen LogP contribution in [0.3, 0.4) is 0 Å². The number of carbonyl (C=O) groups excluding carboxylic acids is 1. The molecule has 1 N–H and O–H groups in total. The molecule has 0 saturated carbocycles. The molecule has 2 saturated heterocycles. The van der Waals surface area contributed by atoms with Crippen LogP contribution in [0.2, 0.25) is 0 Å². The third-order valence-corrected chi connectivity index (χ3v) is 4.80. The molecule has 92 valence electrons. The number of rotatable bonds is 3. The Bertz CT molecular complexity index is 381. The van der Waals surface area contributed by atoms with Crippen LogP contribution in [0.4, 0.5) is 4.79 Å². The third kappa shape index (κ3) is 2.15. The van der Waals surface area contributed by atoms with Crippen LogP contribution < -0.4 is 5.32 Å². The average molecular weight is 248 g/mol. The Balaban J connectivity index is 2.09. The van der Waals surface area contributed by atoms with Gasteiger partial charge in [-0.3, -0.25) is 4.90 Å². The van der Waals surface area contributed by atoms with Crippen molar-refractivity contribution in [3.63, 3.8) is 0 Å². The van der Waals surface area contributed by atoms with Gasteiger partial charge in [0, 0.05) is 6.54 Å². The Hall–Kier alpha value is -0.820. The molecule has 16 heavy (non-hydrogen) atoms. The summed E-state index contributed by atoms with van der Waals surface area (Å²) in [4.78, 5) is 13.1. The first kappa shape index (κ1) is 11.7. The fraction of sp³-hybridized carbons (Fsp3) is 0.889. The zero-order valence-electron chi connectivity index (χ0n) is 9.18. The van der Waals surface area contributed by atoms with Gasteiger partial charge in [0.2, 0.25) is 0 Å². The first-order valence-corrected chi connectivity index (χ1v) is 7.16. The van der Waals surface area contributed by atoms with Gasteiger partial charge in [-0.25, -0.2) is 13.2 Å². The monoisotopic (exact) mass is 248 g/mol. The van der Waals surface area contributed by atoms with Crippen LogP contribution in [-0.2, 0) is 14.6 Å². The number of cyclic esters (lactones) is 1. The van der Waals surface area contributed by atoms with Gasteiger partial charge in [-0.15, -0.1) is 0 Å². The second kappa shape index (κ2) is 4.21. The molecule has 2 aliphatic rings. The van der Waals surface area contributed by atoms with Crippen molar-refractivity contribution in [1.82, 2.24) is 10.2 Å². The Morgan fingerprint density at radius 2 is 2.31 bits per heavy atom. The first-order valence-electron chi connectivity index (χ1n) is 5.33. The maximum Gasteiger partial charge on any atom is 0.410 e. The molecule has 6 nitrogen and oxygen atoms in total. The molecule has 2 unspecified atom stereocenters. The minimum absolute atomic E-state index is 0.0456. The van der Waals surface area contributed by atoms with Gasteiger partial charge in [-0.1, -0.05) is 0 Å². The van der Waals surface area contributed by atoms with E-state index in [-0.39, 0.29) is 29.7 Å². The zero-order valence-corrected chi connectivity index (χ0v) is 10.00. The van der Waals surface area contributed by atoms with Crippen LogP contribution in [0.15, 0.2) is 0 Å². The van der Waals surface area contributed by atoms with Crippen LogP contribution in [-0.4, -0.2) is 63.2 Å². The normalized spacial score (nSPS) is 33.1. The predicted molar refractivity (Wildman–Crippen MR) is 58.0 cm³/mol. The molecule has 7 heteroatoms. The summed E-state index contributed by atoms with van der Waals surface area (Å²) in [7, 11) is -1.17. The fourth-order valence-electron chi connectivity index (χ4n) is 2.31. The number of hydrogen-bond acceptors (Lipinski definition) is 5. The molecule has 0 aliphatic carbocycles. The Morgan fingerprint density at radius 1 is 1.56 bits per heavy atom. The molecule has 0 radical (unpaired) electrons. The van der Waals surface area contributed by atoms with E-state index in [1.165, 1.54) is 0 Å². The van der Waals surface area contributed by atoms with Gasteiger partial charge in [0.05, 0.1) is 23.6 Å². The van der Waals surface area contributed by atoms with Gasteiger partial charge in [0.25, 0.3) is 0 Å². The molecule has 0 aromatic heterocycles. The van der Waals surface area contributed by atoms with Crippen LogP contribution in [0.5, 0.6) is 0 Å². The van der Waals surface area contributed by atoms with Gasteiger partial charge in [-0.05, 0) is 13.5 Å². The molecule has 2 heterocycles. The molecule has 1 amide bonds. The van der Waals surface area contributed by atoms with Crippen molar-refractivity contribution >= 4 is 15.9 Å². The predicted octanol–water partition coefficient (Wildman–Crippen LogP) is -0.786. The standard InChI is InChI=1S/C9H16N2O4S/c1-10-4-8-5-15-9(12)11(8)7-2-3-16(13,14)6-7/h7-8,10H,2-6H2,1H3. The van der Waals surface area contributed by atoms with E-state index in [0.29, 0.717) is 19.6 Å². The lowest BCUT2D eigenvalue weighted by molar-refractivity contribution is 0.147. The third-order valence-electron chi connectivity index (χ3n) is 3.04. The lowest BCUT2D eigenvalue weighted by atomic mass is 10.2. The summed E-state index contributed by atoms with van der Waals surface area (Å²) in [5, 5.41) is 2.98. The van der Waals surface area contributed by atoms with Crippen LogP contribution in [0, 0.1) is 0 Å². The quantitative estimate of drug-likeness (QED) is 0.708. The minimum atomic E-state index is -2.96. The summed E-state index contributed by atoms with van der Waals surface area (Å²) in [6.45, 7) is 0.971. The Morgan fingerprint density at radius 3 is 2.88 bits per heavy atom. The van der Waals surface area contributed by atoms with E-state index < -0.39 is 9.84 Å². The molecular weight excluding hydrogens is 232 g/mol. The summed E-state index contributed by atoms with van der Waals surface area (Å²) >= 11 is 0. The van der Waals surface area contributed by atoms with Crippen molar-refractivity contribution in [3.8, 4) is 0 Å². The molecule has 0 aromatic carbocycles. The highest BCUT2D eigenvalue weighted by atomic mass is 32.2. The largest absolute Gasteiger partial charge is 0.447 e. The SMILES string of the molecule is CNCC1COC(=O)N1C1CCS(=O)(=O)C1. The van der Waals surface area contributed by atoms with E-state index in [4.69, 9.17) is 4.74 Å². The van der Waals surface area contributed by atoms with E-state index in [1.807, 2.05) is 0 Å². The van der Waals surface area contributed by atoms with Crippen molar-refractivity contribution in [2.75, 3.05) is 31.7 Å². The summed E-state index contributed by atoms with van der Waals surface area (Å²) in [6, 6.07) is -0.255. The van der Waals surface area contributed by atoms with Gasteiger partial charge in [0.15, 0.2) is 9.84 Å². The van der Waals surface area contributed by atoms with Gasteiger partial charge >= 0.3 is 6.09 Å². The van der Waals surface area contributed by atoms with Crippen molar-refractivity contribution < 1.29 is 17.9 Å². The highest BCUT2D eigenvalue weighted by Crippen LogP contribution is 2.24. The molecule has 0 bridgehead atoms. The summed E-state index contributed by atoms with van der Waals surface area (Å²) in [5.74, 6) is 0.246. The zero-order chi connectivity index (χ0) is 11.8. The highest BCUT2D eigenvalue weighted by Gasteiger charge is 2.42. The topological polar surface area (TPSA) is 75.7 Å². The fourth-order valence-corrected chi connectivity index (χ4v) is 4.02. The highest BCUT2D eigenvalue weighted by molar-refractivity contribution is 7.91. The number of nitrogens with one attached hydrogen (secondary N) is 1. The van der Waals surface area contributed by atoms with Crippen molar-refractivity contribution in [1.29, 1.82) is 0 Å². The van der Waals surface area contributed by atoms with Crippen LogP contribution in [0.25, 0.3) is 0 Å². The van der Waals surface area contributed by atoms with E-state index in [9.17, 15) is 13.2 Å². The van der Waals surface area contributed by atoms with Gasteiger partial charge in [0.1, 0.15) is 6.61 Å². The van der Waals surface area contributed by atoms with E-state index in [0.717, 1.165) is 0 Å².